The van der Waals surface area contributed by atoms with Crippen LogP contribution in [0.3, 0.4) is 0 Å². The van der Waals surface area contributed by atoms with Gasteiger partial charge in [-0.05, 0) is 68.4 Å². The fourth-order valence-electron chi connectivity index (χ4n) is 8.39. The molecule has 3 N–H and O–H groups in total. The zero-order valence-corrected chi connectivity index (χ0v) is 35.3. The lowest BCUT2D eigenvalue weighted by Crippen LogP contribution is -2.61. The number of fused-ring (bicyclic) bond motifs is 1. The Hall–Kier alpha value is -5.51. The zero-order chi connectivity index (χ0) is 43.5. The zero-order valence-electron chi connectivity index (χ0n) is 35.3. The molecule has 0 unspecified atom stereocenters. The number of ether oxygens (including phenoxy) is 1. The number of benzene rings is 2. The molecule has 61 heavy (non-hydrogen) atoms. The first kappa shape index (κ1) is 45.0. The monoisotopic (exact) mass is 838 g/mol. The van der Waals surface area contributed by atoms with Crippen LogP contribution in [0, 0.1) is 5.92 Å². The number of Topliss-reactive ketones (excluding diaryl/α,β-unsaturated/α-hetero) is 1. The molecule has 6 rings (SSSR count). The van der Waals surface area contributed by atoms with E-state index in [-0.39, 0.29) is 63.3 Å². The van der Waals surface area contributed by atoms with Gasteiger partial charge in [-0.15, -0.1) is 5.06 Å². The second kappa shape index (κ2) is 20.8. The number of ketones is 1. The lowest BCUT2D eigenvalue weighted by atomic mass is 9.83. The molecule has 4 amide bonds. The number of aliphatic hydroxyl groups excluding tert-OH is 1. The molecule has 1 aliphatic carbocycles. The number of aromatic nitrogens is 1. The summed E-state index contributed by atoms with van der Waals surface area (Å²) in [5.74, 6) is -3.04. The summed E-state index contributed by atoms with van der Waals surface area (Å²) in [5, 5.41) is 18.1. The molecule has 326 valence electrons. The van der Waals surface area contributed by atoms with E-state index in [0.29, 0.717) is 44.1 Å². The van der Waals surface area contributed by atoms with E-state index in [9.17, 15) is 33.9 Å². The summed E-state index contributed by atoms with van der Waals surface area (Å²) in [5.41, 5.74) is 3.48. The highest BCUT2D eigenvalue weighted by Crippen LogP contribution is 2.39. The van der Waals surface area contributed by atoms with Gasteiger partial charge in [0.05, 0.1) is 6.10 Å². The number of rotatable bonds is 18. The number of aliphatic hydroxyl groups is 1. The molecular weight excluding hydrogens is 781 g/mol. The molecule has 3 aliphatic rings. The van der Waals surface area contributed by atoms with Gasteiger partial charge in [-0.1, -0.05) is 60.7 Å². The normalized spacial score (nSPS) is 20.5. The van der Waals surface area contributed by atoms with E-state index >= 15 is 0 Å². The Morgan fingerprint density at radius 2 is 1.66 bits per heavy atom. The van der Waals surface area contributed by atoms with Gasteiger partial charge in [0.15, 0.2) is 0 Å². The molecule has 2 saturated heterocycles. The summed E-state index contributed by atoms with van der Waals surface area (Å²) >= 11 is 0. The van der Waals surface area contributed by atoms with E-state index in [0.717, 1.165) is 22.3 Å². The second-order valence-electron chi connectivity index (χ2n) is 17.3. The quantitative estimate of drug-likeness (QED) is 0.124. The molecule has 0 saturated carbocycles. The van der Waals surface area contributed by atoms with E-state index in [4.69, 9.17) is 9.57 Å². The van der Waals surface area contributed by atoms with Crippen molar-refractivity contribution in [1.29, 1.82) is 0 Å². The summed E-state index contributed by atoms with van der Waals surface area (Å²) in [6.07, 6.45) is 2.47. The van der Waals surface area contributed by atoms with Crippen LogP contribution in [0.25, 0.3) is 0 Å². The van der Waals surface area contributed by atoms with Gasteiger partial charge < -0.3 is 25.3 Å². The summed E-state index contributed by atoms with van der Waals surface area (Å²) < 4.78 is 5.93. The van der Waals surface area contributed by atoms with Crippen LogP contribution in [0.2, 0.25) is 0 Å². The summed E-state index contributed by atoms with van der Waals surface area (Å²) in [6, 6.07) is 20.8. The van der Waals surface area contributed by atoms with E-state index in [1.807, 2.05) is 98.6 Å². The third kappa shape index (κ3) is 13.0. The Morgan fingerprint density at radius 3 is 2.38 bits per heavy atom. The Balaban J connectivity index is 1.09. The number of hydrogen-bond acceptors (Lipinski definition) is 12. The maximum absolute atomic E-state index is 14.5. The molecule has 0 bridgehead atoms. The maximum Gasteiger partial charge on any atom is 0.407 e. The third-order valence-electron chi connectivity index (χ3n) is 11.3. The largest absolute Gasteiger partial charge is 0.445 e. The van der Waals surface area contributed by atoms with Crippen molar-refractivity contribution in [1.82, 2.24) is 30.5 Å². The van der Waals surface area contributed by atoms with Gasteiger partial charge in [-0.2, -0.15) is 0 Å². The molecule has 2 aliphatic heterocycles. The number of piperazine rings is 1. The van der Waals surface area contributed by atoms with Crippen molar-refractivity contribution in [2.75, 3.05) is 32.7 Å². The van der Waals surface area contributed by atoms with E-state index in [2.05, 4.69) is 20.5 Å². The van der Waals surface area contributed by atoms with Gasteiger partial charge in [0.2, 0.25) is 5.91 Å². The molecule has 15 nitrogen and oxygen atoms in total. The first-order valence-corrected chi connectivity index (χ1v) is 21.2. The molecule has 3 aromatic rings. The van der Waals surface area contributed by atoms with Crippen molar-refractivity contribution >= 4 is 35.6 Å². The minimum Gasteiger partial charge on any atom is -0.445 e. The highest BCUT2D eigenvalue weighted by molar-refractivity contribution is 6.01. The SMILES string of the molecule is CC(C)(C)NC(=O)[C@@H]1CN(Cc2cccnc2)CCN1C[C@@H](O)C[C@@H](Cc1ccccc1)C(=O)C[C@H]1c2ccccc2C[C@H]1OC(=O)NCCCC(=O)ON1C(=O)CCC1=O. The van der Waals surface area contributed by atoms with Gasteiger partial charge >= 0.3 is 12.1 Å². The van der Waals surface area contributed by atoms with Crippen LogP contribution in [0.1, 0.15) is 87.5 Å². The van der Waals surface area contributed by atoms with Crippen LogP contribution < -0.4 is 10.6 Å². The van der Waals surface area contributed by atoms with Crippen LogP contribution in [-0.2, 0) is 52.9 Å². The first-order chi connectivity index (χ1) is 29.2. The average Bonchev–Trinajstić information content (AvgIpc) is 3.73. The smallest absolute Gasteiger partial charge is 0.407 e. The molecule has 1 aromatic heterocycles. The second-order valence-corrected chi connectivity index (χ2v) is 17.3. The van der Waals surface area contributed by atoms with Gasteiger partial charge in [0.25, 0.3) is 11.8 Å². The van der Waals surface area contributed by atoms with Crippen LogP contribution >= 0.6 is 0 Å². The average molecular weight is 839 g/mol. The van der Waals surface area contributed by atoms with Gasteiger partial charge in [-0.25, -0.2) is 9.59 Å². The molecule has 3 heterocycles. The van der Waals surface area contributed by atoms with Crippen molar-refractivity contribution in [2.45, 2.75) is 108 Å². The Kier molecular flexibility index (Phi) is 15.4. The number of β-amino-alcohol motifs (C(OH)–C–C–N with tert-alkyl or cyclic N) is 1. The third-order valence-corrected chi connectivity index (χ3v) is 11.3. The van der Waals surface area contributed by atoms with Crippen LogP contribution in [0.4, 0.5) is 4.79 Å². The van der Waals surface area contributed by atoms with Crippen LogP contribution in [0.5, 0.6) is 0 Å². The fourth-order valence-corrected chi connectivity index (χ4v) is 8.39. The van der Waals surface area contributed by atoms with Crippen molar-refractivity contribution in [3.05, 3.63) is 101 Å². The predicted molar refractivity (Wildman–Crippen MR) is 224 cm³/mol. The number of amides is 4. The van der Waals surface area contributed by atoms with E-state index in [1.54, 1.807) is 6.20 Å². The number of nitrogens with one attached hydrogen (secondary N) is 2. The van der Waals surface area contributed by atoms with Gasteiger partial charge in [0.1, 0.15) is 17.9 Å². The van der Waals surface area contributed by atoms with Gasteiger partial charge in [-0.3, -0.25) is 34.0 Å². The molecule has 5 atom stereocenters. The number of carbonyl (C=O) groups excluding carboxylic acids is 6. The lowest BCUT2D eigenvalue weighted by molar-refractivity contribution is -0.197. The van der Waals surface area contributed by atoms with Crippen molar-refractivity contribution in [2.24, 2.45) is 5.92 Å². The molecular formula is C46H58N6O9. The van der Waals surface area contributed by atoms with Crippen molar-refractivity contribution in [3.8, 4) is 0 Å². The number of nitrogens with zero attached hydrogens (tertiary/aromatic N) is 4. The summed E-state index contributed by atoms with van der Waals surface area (Å²) in [7, 11) is 0. The number of alkyl carbamates (subject to hydrolysis) is 1. The molecule has 0 radical (unpaired) electrons. The minimum absolute atomic E-state index is 0.000935. The molecule has 2 fully saturated rings. The van der Waals surface area contributed by atoms with Crippen molar-refractivity contribution < 1.29 is 43.4 Å². The Bertz CT molecular complexity index is 1990. The van der Waals surface area contributed by atoms with E-state index in [1.165, 1.54) is 0 Å². The van der Waals surface area contributed by atoms with Crippen LogP contribution in [0.15, 0.2) is 79.1 Å². The minimum atomic E-state index is -0.908. The Labute approximate surface area is 357 Å². The Morgan fingerprint density at radius 1 is 0.934 bits per heavy atom. The number of imide groups is 1. The fraction of sp³-hybridized carbons (Fsp3) is 0.500. The number of pyridine rings is 1. The lowest BCUT2D eigenvalue weighted by Gasteiger charge is -2.42. The number of carbonyl (C=O) groups is 6. The standard InChI is InChI=1S/C46H58N6O9/c1-46(2,3)49-44(58)38-30-50(28-32-13-9-19-47-27-32)21-22-51(38)29-35(53)24-34(23-31-11-5-4-6-12-31)39(54)26-37-36-15-8-7-14-33(36)25-40(37)60-45(59)48-20-10-16-43(57)61-52-41(55)17-18-42(52)56/h4-9,11-15,19,27,34-35,37-38,40,53H,10,16-18,20-26,28-30H2,1-3H3,(H,48,59)(H,49,58)/t34-,35+,37+,38+,40-/m1/s1. The van der Waals surface area contributed by atoms with Gasteiger partial charge in [0, 0.05) is 101 Å². The highest BCUT2D eigenvalue weighted by Gasteiger charge is 2.40. The van der Waals surface area contributed by atoms with Crippen LogP contribution in [-0.4, -0.2) is 117 Å². The topological polar surface area (TPSA) is 188 Å². The summed E-state index contributed by atoms with van der Waals surface area (Å²) in [4.78, 5) is 90.4. The number of hydrogen-bond donors (Lipinski definition) is 3. The van der Waals surface area contributed by atoms with E-state index < -0.39 is 59.5 Å². The number of hydroxylamine groups is 2. The molecule has 15 heteroatoms. The molecule has 2 aromatic carbocycles. The van der Waals surface area contributed by atoms with Crippen molar-refractivity contribution in [3.63, 3.8) is 0 Å². The first-order valence-electron chi connectivity index (χ1n) is 21.2. The predicted octanol–water partition coefficient (Wildman–Crippen LogP) is 3.87. The highest BCUT2D eigenvalue weighted by atomic mass is 16.7. The maximum atomic E-state index is 14.5. The summed E-state index contributed by atoms with van der Waals surface area (Å²) in [6.45, 7) is 8.50. The molecule has 0 spiro atoms.